The van der Waals surface area contributed by atoms with Gasteiger partial charge in [0, 0.05) is 30.4 Å². The number of nitrogens with one attached hydrogen (secondary N) is 1. The summed E-state index contributed by atoms with van der Waals surface area (Å²) >= 11 is 0. The average molecular weight is 378 g/mol. The second kappa shape index (κ2) is 7.18. The van der Waals surface area contributed by atoms with Gasteiger partial charge in [0.2, 0.25) is 10.0 Å². The fourth-order valence-corrected chi connectivity index (χ4v) is 3.87. The fourth-order valence-electron chi connectivity index (χ4n) is 3.35. The van der Waals surface area contributed by atoms with E-state index in [1.54, 1.807) is 16.8 Å². The van der Waals surface area contributed by atoms with E-state index in [0.717, 1.165) is 29.7 Å². The summed E-state index contributed by atoms with van der Waals surface area (Å²) in [5, 5.41) is 22.1. The van der Waals surface area contributed by atoms with Crippen molar-refractivity contribution in [3.8, 4) is 0 Å². The van der Waals surface area contributed by atoms with Crippen molar-refractivity contribution in [3.05, 3.63) is 46.8 Å². The van der Waals surface area contributed by atoms with Crippen LogP contribution in [0.3, 0.4) is 0 Å². The summed E-state index contributed by atoms with van der Waals surface area (Å²) in [5.74, 6) is -0.993. The van der Waals surface area contributed by atoms with Gasteiger partial charge in [0.1, 0.15) is 0 Å². The number of sulfonamides is 1. The lowest BCUT2D eigenvalue weighted by molar-refractivity contribution is 0.0688. The van der Waals surface area contributed by atoms with Crippen LogP contribution in [0.25, 0.3) is 0 Å². The molecule has 26 heavy (non-hydrogen) atoms. The number of carbonyl (C=O) groups is 1. The molecule has 3 rings (SSSR count). The number of hydrogen-bond donors (Lipinski definition) is 3. The first kappa shape index (κ1) is 18.6. The summed E-state index contributed by atoms with van der Waals surface area (Å²) < 4.78 is 24.4. The molecule has 9 heteroatoms. The van der Waals surface area contributed by atoms with Crippen molar-refractivity contribution in [2.45, 2.75) is 50.2 Å². The van der Waals surface area contributed by atoms with E-state index in [1.807, 2.05) is 6.92 Å². The number of nitrogens with two attached hydrogens (primary N) is 1. The van der Waals surface area contributed by atoms with Gasteiger partial charge in [-0.15, -0.1) is 0 Å². The van der Waals surface area contributed by atoms with Crippen molar-refractivity contribution in [1.29, 1.82) is 0 Å². The maximum atomic E-state index is 11.4. The van der Waals surface area contributed by atoms with Gasteiger partial charge in [0.05, 0.1) is 4.90 Å². The van der Waals surface area contributed by atoms with E-state index in [-0.39, 0.29) is 16.6 Å². The van der Waals surface area contributed by atoms with E-state index in [1.165, 1.54) is 12.1 Å². The van der Waals surface area contributed by atoms with Crippen molar-refractivity contribution in [1.82, 2.24) is 15.1 Å². The molecule has 0 fully saturated rings. The molecule has 1 aliphatic carbocycles. The summed E-state index contributed by atoms with van der Waals surface area (Å²) in [6.45, 7) is 3.17. The van der Waals surface area contributed by atoms with Crippen LogP contribution in [-0.4, -0.2) is 35.3 Å². The number of primary sulfonamides is 1. The topological polar surface area (TPSA) is 127 Å². The Morgan fingerprint density at radius 3 is 2.65 bits per heavy atom. The van der Waals surface area contributed by atoms with Gasteiger partial charge in [-0.3, -0.25) is 4.68 Å². The van der Waals surface area contributed by atoms with Gasteiger partial charge in [-0.05, 0) is 43.9 Å². The van der Waals surface area contributed by atoms with Gasteiger partial charge in [-0.25, -0.2) is 18.4 Å². The van der Waals surface area contributed by atoms with Crippen LogP contribution >= 0.6 is 0 Å². The Kier molecular flexibility index (Phi) is 5.12. The summed E-state index contributed by atoms with van der Waals surface area (Å²) in [6, 6.07) is 6.56. The molecular weight excluding hydrogens is 356 g/mol. The van der Waals surface area contributed by atoms with Gasteiger partial charge in [-0.1, -0.05) is 12.1 Å². The van der Waals surface area contributed by atoms with E-state index in [4.69, 9.17) is 5.14 Å². The minimum atomic E-state index is -3.69. The molecule has 0 bridgehead atoms. The number of aromatic nitrogens is 2. The first-order chi connectivity index (χ1) is 12.3. The van der Waals surface area contributed by atoms with Gasteiger partial charge < -0.3 is 10.4 Å². The zero-order valence-corrected chi connectivity index (χ0v) is 15.3. The second-order valence-electron chi connectivity index (χ2n) is 6.40. The quantitative estimate of drug-likeness (QED) is 0.685. The van der Waals surface area contributed by atoms with E-state index in [9.17, 15) is 18.3 Å². The third-order valence-electron chi connectivity index (χ3n) is 4.70. The number of benzene rings is 1. The van der Waals surface area contributed by atoms with Crippen molar-refractivity contribution in [2.75, 3.05) is 0 Å². The van der Waals surface area contributed by atoms with Crippen LogP contribution in [-0.2, 0) is 36.0 Å². The summed E-state index contributed by atoms with van der Waals surface area (Å²) in [7, 11) is -3.69. The van der Waals surface area contributed by atoms with Crippen molar-refractivity contribution in [3.63, 3.8) is 0 Å². The first-order valence-electron chi connectivity index (χ1n) is 8.46. The standard InChI is InChI=1S/C17H22N4O4S/c1-2-21-15-8-5-12(9-14(15)16(20-21)17(22)23)19-10-11-3-6-13(7-4-11)26(18,24)25/h3-4,6-7,12,19H,2,5,8-10H2,1H3,(H,22,23)(H2,18,24,25). The molecule has 0 spiro atoms. The molecule has 1 aromatic carbocycles. The Labute approximate surface area is 152 Å². The van der Waals surface area contributed by atoms with E-state index in [2.05, 4.69) is 10.4 Å². The average Bonchev–Trinajstić information content (AvgIpc) is 2.98. The van der Waals surface area contributed by atoms with E-state index in [0.29, 0.717) is 19.5 Å². The minimum Gasteiger partial charge on any atom is -0.476 e. The molecule has 1 aromatic heterocycles. The van der Waals surface area contributed by atoms with Crippen LogP contribution in [0.2, 0.25) is 0 Å². The lowest BCUT2D eigenvalue weighted by Gasteiger charge is -2.24. The number of fused-ring (bicyclic) bond motifs is 1. The number of aryl methyl sites for hydroxylation is 1. The third kappa shape index (κ3) is 3.79. The normalized spacial score (nSPS) is 17.1. The zero-order valence-electron chi connectivity index (χ0n) is 14.5. The van der Waals surface area contributed by atoms with Crippen molar-refractivity contribution >= 4 is 16.0 Å². The third-order valence-corrected chi connectivity index (χ3v) is 5.62. The van der Waals surface area contributed by atoms with Crippen molar-refractivity contribution in [2.24, 2.45) is 5.14 Å². The highest BCUT2D eigenvalue weighted by atomic mass is 32.2. The number of hydrogen-bond acceptors (Lipinski definition) is 5. The summed E-state index contributed by atoms with van der Waals surface area (Å²) in [5.41, 5.74) is 2.91. The van der Waals surface area contributed by atoms with Crippen LogP contribution in [0, 0.1) is 0 Å². The molecule has 8 nitrogen and oxygen atoms in total. The van der Waals surface area contributed by atoms with Gasteiger partial charge in [-0.2, -0.15) is 5.10 Å². The molecule has 0 saturated carbocycles. The number of aromatic carboxylic acids is 1. The fraction of sp³-hybridized carbons (Fsp3) is 0.412. The van der Waals surface area contributed by atoms with Crippen LogP contribution in [0.4, 0.5) is 0 Å². The smallest absolute Gasteiger partial charge is 0.356 e. The predicted molar refractivity (Wildman–Crippen MR) is 95.3 cm³/mol. The predicted octanol–water partition coefficient (Wildman–Crippen LogP) is 0.896. The Bertz CT molecular complexity index is 919. The van der Waals surface area contributed by atoms with Crippen LogP contribution < -0.4 is 10.5 Å². The molecule has 0 saturated heterocycles. The maximum Gasteiger partial charge on any atom is 0.356 e. The molecule has 140 valence electrons. The largest absolute Gasteiger partial charge is 0.476 e. The molecule has 1 atom stereocenters. The number of carboxylic acids is 1. The molecule has 0 aliphatic heterocycles. The summed E-state index contributed by atoms with van der Waals surface area (Å²) in [4.78, 5) is 11.5. The number of rotatable bonds is 6. The Hall–Kier alpha value is -2.23. The van der Waals surface area contributed by atoms with Gasteiger partial charge in [0.25, 0.3) is 0 Å². The zero-order chi connectivity index (χ0) is 18.9. The minimum absolute atomic E-state index is 0.0848. The van der Waals surface area contributed by atoms with Crippen molar-refractivity contribution < 1.29 is 18.3 Å². The molecule has 1 heterocycles. The second-order valence-corrected chi connectivity index (χ2v) is 7.97. The number of nitrogens with zero attached hydrogens (tertiary/aromatic N) is 2. The van der Waals surface area contributed by atoms with Crippen LogP contribution in [0.5, 0.6) is 0 Å². The molecule has 1 unspecified atom stereocenters. The highest BCUT2D eigenvalue weighted by molar-refractivity contribution is 7.89. The molecule has 0 radical (unpaired) electrons. The molecular formula is C17H22N4O4S. The maximum absolute atomic E-state index is 11.4. The molecule has 1 aliphatic rings. The SMILES string of the molecule is CCn1nc(C(=O)O)c2c1CCC(NCc1ccc(S(N)(=O)=O)cc1)C2. The lowest BCUT2D eigenvalue weighted by atomic mass is 9.91. The molecule has 4 N–H and O–H groups in total. The van der Waals surface area contributed by atoms with Gasteiger partial charge in [0.15, 0.2) is 5.69 Å². The van der Waals surface area contributed by atoms with Crippen LogP contribution in [0.1, 0.15) is 40.7 Å². The summed E-state index contributed by atoms with van der Waals surface area (Å²) in [6.07, 6.45) is 2.30. The Balaban J connectivity index is 1.68. The van der Waals surface area contributed by atoms with E-state index < -0.39 is 16.0 Å². The Morgan fingerprint density at radius 2 is 2.08 bits per heavy atom. The van der Waals surface area contributed by atoms with Gasteiger partial charge >= 0.3 is 5.97 Å². The lowest BCUT2D eigenvalue weighted by Crippen LogP contribution is -2.34. The monoisotopic (exact) mass is 378 g/mol. The van der Waals surface area contributed by atoms with Crippen LogP contribution in [0.15, 0.2) is 29.2 Å². The molecule has 2 aromatic rings. The highest BCUT2D eigenvalue weighted by Crippen LogP contribution is 2.25. The molecule has 0 amide bonds. The highest BCUT2D eigenvalue weighted by Gasteiger charge is 2.28. The number of carboxylic acid groups (broad SMARTS) is 1. The Morgan fingerprint density at radius 1 is 1.38 bits per heavy atom. The first-order valence-corrected chi connectivity index (χ1v) is 10.0. The van der Waals surface area contributed by atoms with E-state index >= 15 is 0 Å².